The fraction of sp³-hybridized carbons (Fsp3) is 0. The third-order valence-electron chi connectivity index (χ3n) is 1.04. The van der Waals surface area contributed by atoms with E-state index < -0.39 is 0 Å². The van der Waals surface area contributed by atoms with Gasteiger partial charge in [-0.1, -0.05) is 0 Å². The third kappa shape index (κ3) is 0.575. The molecule has 0 unspecified atom stereocenters. The van der Waals surface area contributed by atoms with E-state index in [9.17, 15) is 0 Å². The van der Waals surface area contributed by atoms with Crippen molar-refractivity contribution in [3.05, 3.63) is 21.3 Å². The van der Waals surface area contributed by atoms with Gasteiger partial charge in [-0.3, -0.25) is 0 Å². The summed E-state index contributed by atoms with van der Waals surface area (Å²) >= 11 is 2.36. The van der Waals surface area contributed by atoms with Crippen LogP contribution in [0.15, 0.2) is 15.9 Å². The van der Waals surface area contributed by atoms with Gasteiger partial charge in [-0.2, -0.15) is 0 Å². The molecule has 0 fully saturated rings. The molecular weight excluding hydrogens is 183 g/mol. The van der Waals surface area contributed by atoms with Crippen LogP contribution in [0.25, 0.3) is 10.1 Å². The second-order valence-corrected chi connectivity index (χ2v) is 4.00. The van der Waals surface area contributed by atoms with Crippen LogP contribution in [-0.2, 0) is 0 Å². The van der Waals surface area contributed by atoms with Gasteiger partial charge in [0.25, 0.3) is 0 Å². The number of hydrogen-bond donors (Lipinski definition) is 0. The van der Waals surface area contributed by atoms with E-state index in [4.69, 9.17) is 0 Å². The molecule has 0 aliphatic carbocycles. The molecule has 2 aromatic heterocycles. The van der Waals surface area contributed by atoms with Gasteiger partial charge in [-0.15, -0.1) is 0 Å². The zero-order chi connectivity index (χ0) is 5.40. The molecule has 0 N–H and O–H groups in total. The third-order valence-corrected chi connectivity index (χ3v) is 3.78. The summed E-state index contributed by atoms with van der Waals surface area (Å²) in [5, 5.41) is 4.49. The van der Waals surface area contributed by atoms with Crippen LogP contribution in [0.5, 0.6) is 0 Å². The zero-order valence-corrected chi connectivity index (χ0v) is 6.58. The fourth-order valence-electron chi connectivity index (χ4n) is 0.640. The van der Waals surface area contributed by atoms with Crippen LogP contribution >= 0.6 is 11.3 Å². The molecular formula is C6H3SSe. The Bertz CT molecular complexity index is 230. The normalized spacial score (nSPS) is 10.5. The van der Waals surface area contributed by atoms with Gasteiger partial charge in [-0.25, -0.2) is 0 Å². The quantitative estimate of drug-likeness (QED) is 0.550. The molecule has 0 saturated heterocycles. The Morgan fingerprint density at radius 3 is 3.38 bits per heavy atom. The Kier molecular flexibility index (Phi) is 1.04. The van der Waals surface area contributed by atoms with E-state index >= 15 is 0 Å². The minimum absolute atomic E-state index is 0.649. The van der Waals surface area contributed by atoms with E-state index in [1.807, 2.05) is 0 Å². The van der Waals surface area contributed by atoms with Crippen LogP contribution in [0, 0.1) is 5.38 Å². The molecule has 0 bridgehead atoms. The molecule has 0 amide bonds. The van der Waals surface area contributed by atoms with Crippen molar-refractivity contribution in [2.75, 3.05) is 0 Å². The summed E-state index contributed by atoms with van der Waals surface area (Å²) in [6.45, 7) is 0. The summed E-state index contributed by atoms with van der Waals surface area (Å²) in [6.07, 6.45) is 0. The van der Waals surface area contributed by atoms with Crippen molar-refractivity contribution >= 4 is 35.9 Å². The first-order valence-electron chi connectivity index (χ1n) is 2.28. The van der Waals surface area contributed by atoms with Crippen molar-refractivity contribution in [1.82, 2.24) is 0 Å². The van der Waals surface area contributed by atoms with Crippen LogP contribution in [0.2, 0.25) is 0 Å². The van der Waals surface area contributed by atoms with Crippen molar-refractivity contribution in [1.29, 1.82) is 0 Å². The molecule has 2 heterocycles. The molecule has 0 aromatic carbocycles. The Labute approximate surface area is 57.5 Å². The first-order valence-corrected chi connectivity index (χ1v) is 5.08. The molecule has 0 aliphatic heterocycles. The van der Waals surface area contributed by atoms with E-state index in [0.717, 1.165) is 0 Å². The zero-order valence-electron chi connectivity index (χ0n) is 4.05. The first-order chi connectivity index (χ1) is 3.97. The summed E-state index contributed by atoms with van der Waals surface area (Å²) in [6, 6.07) is 2.06. The maximum absolute atomic E-state index is 3.09. The van der Waals surface area contributed by atoms with Crippen molar-refractivity contribution in [3.63, 3.8) is 0 Å². The molecule has 2 heteroatoms. The Hall–Kier alpha value is -0.0405. The second-order valence-electron chi connectivity index (χ2n) is 1.56. The number of rotatable bonds is 0. The van der Waals surface area contributed by atoms with Crippen LogP contribution in [0.1, 0.15) is 0 Å². The molecule has 8 heavy (non-hydrogen) atoms. The molecule has 0 spiro atoms. The average molecular weight is 186 g/mol. The predicted molar refractivity (Wildman–Crippen MR) is 37.6 cm³/mol. The van der Waals surface area contributed by atoms with Crippen LogP contribution in [-0.4, -0.2) is 14.5 Å². The topological polar surface area (TPSA) is 0 Å². The second kappa shape index (κ2) is 1.73. The molecule has 0 saturated carbocycles. The summed E-state index contributed by atoms with van der Waals surface area (Å²) in [5.74, 6) is 0. The van der Waals surface area contributed by atoms with Gasteiger partial charge in [-0.05, 0) is 0 Å². The van der Waals surface area contributed by atoms with E-state index in [1.165, 1.54) is 10.1 Å². The van der Waals surface area contributed by atoms with E-state index in [-0.39, 0.29) is 0 Å². The fourth-order valence-corrected chi connectivity index (χ4v) is 3.40. The van der Waals surface area contributed by atoms with E-state index in [0.29, 0.717) is 14.5 Å². The van der Waals surface area contributed by atoms with Crippen molar-refractivity contribution in [3.8, 4) is 0 Å². The Morgan fingerprint density at radius 1 is 1.50 bits per heavy atom. The van der Waals surface area contributed by atoms with Crippen molar-refractivity contribution in [2.45, 2.75) is 0 Å². The molecule has 2 aromatic rings. The van der Waals surface area contributed by atoms with Gasteiger partial charge in [0.1, 0.15) is 0 Å². The molecule has 0 aliphatic rings. The van der Waals surface area contributed by atoms with Gasteiger partial charge >= 0.3 is 57.3 Å². The van der Waals surface area contributed by atoms with Gasteiger partial charge < -0.3 is 0 Å². The minimum atomic E-state index is 0.649. The first kappa shape index (κ1) is 4.80. The average Bonchev–Trinajstić information content (AvgIpc) is 2.15. The Morgan fingerprint density at radius 2 is 2.50 bits per heavy atom. The van der Waals surface area contributed by atoms with Crippen LogP contribution in [0.3, 0.4) is 0 Å². The van der Waals surface area contributed by atoms with E-state index in [2.05, 4.69) is 21.3 Å². The SMILES string of the molecule is [c]1cc2c[se]cc2s1. The van der Waals surface area contributed by atoms with Crippen LogP contribution < -0.4 is 0 Å². The maximum atomic E-state index is 3.09. The number of hydrogen-bond acceptors (Lipinski definition) is 1. The van der Waals surface area contributed by atoms with Crippen molar-refractivity contribution in [2.24, 2.45) is 0 Å². The van der Waals surface area contributed by atoms with Crippen molar-refractivity contribution < 1.29 is 0 Å². The summed E-state index contributed by atoms with van der Waals surface area (Å²) in [5.41, 5.74) is 0. The number of thiophene rings is 1. The van der Waals surface area contributed by atoms with Gasteiger partial charge in [0.2, 0.25) is 0 Å². The predicted octanol–water partition coefficient (Wildman–Crippen LogP) is 1.76. The monoisotopic (exact) mass is 187 g/mol. The standard InChI is InChI=1S/C6H3SSe/c1-2-7-6-4-8-3-5(1)6/h1,3-4H. The molecule has 0 atom stereocenters. The molecule has 39 valence electrons. The van der Waals surface area contributed by atoms with E-state index in [1.54, 1.807) is 11.3 Å². The van der Waals surface area contributed by atoms with Gasteiger partial charge in [0.15, 0.2) is 0 Å². The summed E-state index contributed by atoms with van der Waals surface area (Å²) in [7, 11) is 0. The summed E-state index contributed by atoms with van der Waals surface area (Å²) in [4.78, 5) is 4.58. The Balaban J connectivity index is 3.06. The van der Waals surface area contributed by atoms with Crippen LogP contribution in [0.4, 0.5) is 0 Å². The molecule has 0 nitrogen and oxygen atoms in total. The number of fused-ring (bicyclic) bond motifs is 1. The molecule has 1 radical (unpaired) electrons. The van der Waals surface area contributed by atoms with Gasteiger partial charge in [0.05, 0.1) is 0 Å². The van der Waals surface area contributed by atoms with Gasteiger partial charge in [0, 0.05) is 0 Å². The summed E-state index contributed by atoms with van der Waals surface area (Å²) < 4.78 is 1.42. The molecule has 2 rings (SSSR count).